The molecule has 0 unspecified atom stereocenters. The van der Waals surface area contributed by atoms with Crippen molar-refractivity contribution in [2.75, 3.05) is 18.4 Å². The predicted molar refractivity (Wildman–Crippen MR) is 137 cm³/mol. The molecule has 0 saturated heterocycles. The molecule has 5 heteroatoms. The van der Waals surface area contributed by atoms with Crippen molar-refractivity contribution in [3.8, 4) is 10.4 Å². The number of ketones is 1. The zero-order valence-electron chi connectivity index (χ0n) is 19.1. The number of thiophene rings is 1. The lowest BCUT2D eigenvalue weighted by molar-refractivity contribution is 0.0944. The van der Waals surface area contributed by atoms with Crippen molar-refractivity contribution in [2.24, 2.45) is 5.41 Å². The van der Waals surface area contributed by atoms with Crippen molar-refractivity contribution < 1.29 is 4.79 Å². The van der Waals surface area contributed by atoms with E-state index in [4.69, 9.17) is 11.6 Å². The van der Waals surface area contributed by atoms with Crippen LogP contribution in [0.3, 0.4) is 0 Å². The number of carbonyl (C=O) groups excluding carboxylic acids is 1. The molecule has 2 N–H and O–H groups in total. The highest BCUT2D eigenvalue weighted by Crippen LogP contribution is 2.33. The normalized spacial score (nSPS) is 14.0. The van der Waals surface area contributed by atoms with Crippen LogP contribution < -0.4 is 10.6 Å². The van der Waals surface area contributed by atoms with Gasteiger partial charge in [0.25, 0.3) is 0 Å². The molecule has 32 heavy (non-hydrogen) atoms. The van der Waals surface area contributed by atoms with Crippen LogP contribution in [0.5, 0.6) is 0 Å². The highest BCUT2D eigenvalue weighted by atomic mass is 35.5. The van der Waals surface area contributed by atoms with E-state index < -0.39 is 0 Å². The standard InChI is InChI=1S/C27H31ClN2OS/c1-27(2,3)16-23(31)25-11-10-24(32-25)20-6-4-18(5-7-20)17-30-26-21-13-15-29-14-12-19(21)8-9-22(26)28/h4-11,29-30H,12-17H2,1-3H3. The highest BCUT2D eigenvalue weighted by Gasteiger charge is 2.19. The quantitative estimate of drug-likeness (QED) is 0.384. The van der Waals surface area contributed by atoms with E-state index in [1.54, 1.807) is 11.3 Å². The summed E-state index contributed by atoms with van der Waals surface area (Å²) in [6.45, 7) is 9.03. The van der Waals surface area contributed by atoms with E-state index in [1.807, 2.05) is 12.1 Å². The Bertz CT molecular complexity index is 1100. The maximum atomic E-state index is 12.5. The third kappa shape index (κ3) is 5.61. The van der Waals surface area contributed by atoms with Crippen LogP contribution in [0.1, 0.15) is 53.6 Å². The molecule has 3 aromatic rings. The van der Waals surface area contributed by atoms with Crippen molar-refractivity contribution in [2.45, 2.75) is 46.6 Å². The molecule has 0 amide bonds. The Kier molecular flexibility index (Phi) is 7.04. The summed E-state index contributed by atoms with van der Waals surface area (Å²) < 4.78 is 0. The third-order valence-corrected chi connectivity index (χ3v) is 7.25. The van der Waals surface area contributed by atoms with E-state index >= 15 is 0 Å². The van der Waals surface area contributed by atoms with Gasteiger partial charge in [0.05, 0.1) is 15.6 Å². The summed E-state index contributed by atoms with van der Waals surface area (Å²) in [4.78, 5) is 14.5. The van der Waals surface area contributed by atoms with Crippen molar-refractivity contribution in [3.05, 3.63) is 75.1 Å². The van der Waals surface area contributed by atoms with Crippen molar-refractivity contribution in [1.82, 2.24) is 5.32 Å². The molecule has 0 saturated carbocycles. The molecule has 0 radical (unpaired) electrons. The summed E-state index contributed by atoms with van der Waals surface area (Å²) in [5.74, 6) is 0.226. The van der Waals surface area contributed by atoms with Crippen LogP contribution in [0, 0.1) is 5.41 Å². The Hall–Kier alpha value is -2.14. The van der Waals surface area contributed by atoms with Crippen LogP contribution in [0.2, 0.25) is 5.02 Å². The van der Waals surface area contributed by atoms with Gasteiger partial charge in [-0.2, -0.15) is 0 Å². The molecule has 0 fully saturated rings. The maximum absolute atomic E-state index is 12.5. The van der Waals surface area contributed by atoms with E-state index in [2.05, 4.69) is 67.8 Å². The average molecular weight is 467 g/mol. The first-order chi connectivity index (χ1) is 15.3. The van der Waals surface area contributed by atoms with Gasteiger partial charge in [-0.1, -0.05) is 62.7 Å². The predicted octanol–water partition coefficient (Wildman–Crippen LogP) is 6.99. The Morgan fingerprint density at radius 2 is 1.78 bits per heavy atom. The number of halogens is 1. The number of fused-ring (bicyclic) bond motifs is 1. The lowest BCUT2D eigenvalue weighted by atomic mass is 9.89. The smallest absolute Gasteiger partial charge is 0.173 e. The largest absolute Gasteiger partial charge is 0.380 e. The second-order valence-electron chi connectivity index (χ2n) is 9.69. The molecule has 2 aromatic carbocycles. The van der Waals surface area contributed by atoms with Gasteiger partial charge in [-0.05, 0) is 71.8 Å². The minimum atomic E-state index is 0.00637. The van der Waals surface area contributed by atoms with Crippen molar-refractivity contribution >= 4 is 34.4 Å². The Morgan fingerprint density at radius 3 is 2.53 bits per heavy atom. The number of benzene rings is 2. The second-order valence-corrected chi connectivity index (χ2v) is 11.2. The summed E-state index contributed by atoms with van der Waals surface area (Å²) in [5.41, 5.74) is 6.14. The fourth-order valence-electron chi connectivity index (χ4n) is 4.12. The molecule has 3 nitrogen and oxygen atoms in total. The first-order valence-corrected chi connectivity index (χ1v) is 12.5. The first-order valence-electron chi connectivity index (χ1n) is 11.3. The molecule has 0 spiro atoms. The second kappa shape index (κ2) is 9.78. The number of Topliss-reactive ketones (excluding diaryl/α,β-unsaturated/α-hetero) is 1. The van der Waals surface area contributed by atoms with Gasteiger partial charge in [0.1, 0.15) is 0 Å². The van der Waals surface area contributed by atoms with E-state index in [0.29, 0.717) is 6.42 Å². The molecule has 4 rings (SSSR count). The number of hydrogen-bond donors (Lipinski definition) is 2. The third-order valence-electron chi connectivity index (χ3n) is 5.76. The Labute approximate surface area is 200 Å². The molecular weight excluding hydrogens is 436 g/mol. The van der Waals surface area contributed by atoms with Gasteiger partial charge in [-0.3, -0.25) is 4.79 Å². The zero-order chi connectivity index (χ0) is 22.7. The minimum absolute atomic E-state index is 0.00637. The molecule has 2 heterocycles. The van der Waals surface area contributed by atoms with Crippen molar-refractivity contribution in [1.29, 1.82) is 0 Å². The summed E-state index contributed by atoms with van der Waals surface area (Å²) in [5, 5.41) is 7.83. The number of anilines is 1. The molecule has 1 aliphatic heterocycles. The molecule has 168 valence electrons. The summed E-state index contributed by atoms with van der Waals surface area (Å²) in [6.07, 6.45) is 2.60. The van der Waals surface area contributed by atoms with E-state index in [-0.39, 0.29) is 11.2 Å². The van der Waals surface area contributed by atoms with Crippen LogP contribution in [0.4, 0.5) is 5.69 Å². The first kappa shape index (κ1) is 23.0. The summed E-state index contributed by atoms with van der Waals surface area (Å²) >= 11 is 8.13. The zero-order valence-corrected chi connectivity index (χ0v) is 20.6. The highest BCUT2D eigenvalue weighted by molar-refractivity contribution is 7.17. The van der Waals surface area contributed by atoms with Gasteiger partial charge in [-0.15, -0.1) is 11.3 Å². The number of nitrogens with one attached hydrogen (secondary N) is 2. The van der Waals surface area contributed by atoms with Crippen LogP contribution in [0.25, 0.3) is 10.4 Å². The molecular formula is C27H31ClN2OS. The number of rotatable bonds is 6. The maximum Gasteiger partial charge on any atom is 0.173 e. The molecule has 0 atom stereocenters. The van der Waals surface area contributed by atoms with Crippen LogP contribution in [0.15, 0.2) is 48.5 Å². The van der Waals surface area contributed by atoms with E-state index in [0.717, 1.165) is 58.5 Å². The van der Waals surface area contributed by atoms with Crippen molar-refractivity contribution in [3.63, 3.8) is 0 Å². The number of carbonyl (C=O) groups is 1. The van der Waals surface area contributed by atoms with Gasteiger partial charge in [0, 0.05) is 17.8 Å². The van der Waals surface area contributed by atoms with E-state index in [9.17, 15) is 4.79 Å². The fraction of sp³-hybridized carbons (Fsp3) is 0.370. The van der Waals surface area contributed by atoms with Gasteiger partial charge < -0.3 is 10.6 Å². The Balaban J connectivity index is 1.44. The lowest BCUT2D eigenvalue weighted by Gasteiger charge is -2.16. The van der Waals surface area contributed by atoms with Crippen LogP contribution in [-0.4, -0.2) is 18.9 Å². The topological polar surface area (TPSA) is 41.1 Å². The van der Waals surface area contributed by atoms with Gasteiger partial charge in [0.15, 0.2) is 5.78 Å². The molecule has 1 aromatic heterocycles. The van der Waals surface area contributed by atoms with Crippen LogP contribution >= 0.6 is 22.9 Å². The number of hydrogen-bond acceptors (Lipinski definition) is 4. The Morgan fingerprint density at radius 1 is 1.03 bits per heavy atom. The SMILES string of the molecule is CC(C)(C)CC(=O)c1ccc(-c2ccc(CNc3c(Cl)ccc4c3CCNCC4)cc2)s1. The van der Waals surface area contributed by atoms with E-state index in [1.165, 1.54) is 16.7 Å². The van der Waals surface area contributed by atoms with Crippen LogP contribution in [-0.2, 0) is 19.4 Å². The molecule has 0 aliphatic carbocycles. The lowest BCUT2D eigenvalue weighted by Crippen LogP contribution is -2.16. The molecule has 1 aliphatic rings. The summed E-state index contributed by atoms with van der Waals surface area (Å²) in [6, 6.07) is 16.8. The monoisotopic (exact) mass is 466 g/mol. The average Bonchev–Trinajstić information content (AvgIpc) is 3.12. The fourth-order valence-corrected chi connectivity index (χ4v) is 5.32. The molecule has 0 bridgehead atoms. The van der Waals surface area contributed by atoms with Gasteiger partial charge >= 0.3 is 0 Å². The minimum Gasteiger partial charge on any atom is -0.380 e. The van der Waals surface area contributed by atoms with Gasteiger partial charge in [-0.25, -0.2) is 0 Å². The van der Waals surface area contributed by atoms with Gasteiger partial charge in [0.2, 0.25) is 0 Å². The summed E-state index contributed by atoms with van der Waals surface area (Å²) in [7, 11) is 0.